The van der Waals surface area contributed by atoms with Gasteiger partial charge < -0.3 is 4.42 Å². The van der Waals surface area contributed by atoms with Gasteiger partial charge in [0.2, 0.25) is 0 Å². The van der Waals surface area contributed by atoms with Crippen molar-refractivity contribution in [2.75, 3.05) is 0 Å². The van der Waals surface area contributed by atoms with Gasteiger partial charge in [-0.25, -0.2) is 4.98 Å². The molecule has 2 nitrogen and oxygen atoms in total. The minimum atomic E-state index is 0.591. The second-order valence-corrected chi connectivity index (χ2v) is 4.97. The minimum absolute atomic E-state index is 0.591. The summed E-state index contributed by atoms with van der Waals surface area (Å²) in [5.41, 5.74) is 0. The van der Waals surface area contributed by atoms with Crippen molar-refractivity contribution in [2.45, 2.75) is 78.1 Å². The smallest absolute Gasteiger partial charge is 0.191 e. The van der Waals surface area contributed by atoms with E-state index in [1.165, 1.54) is 51.4 Å². The Balaban J connectivity index is 2.42. The van der Waals surface area contributed by atoms with E-state index in [-0.39, 0.29) is 0 Å². The molecule has 0 fully saturated rings. The number of unbranched alkanes of at least 4 members (excludes halogenated alkanes) is 4. The topological polar surface area (TPSA) is 26.0 Å². The third-order valence-electron chi connectivity index (χ3n) is 3.35. The van der Waals surface area contributed by atoms with E-state index in [1.807, 2.05) is 13.1 Å². The molecule has 1 aromatic heterocycles. The second kappa shape index (κ2) is 8.32. The van der Waals surface area contributed by atoms with Crippen LogP contribution in [0.25, 0.3) is 0 Å². The lowest BCUT2D eigenvalue weighted by Gasteiger charge is -2.13. The highest BCUT2D eigenvalue weighted by Gasteiger charge is 2.15. The first-order valence-electron chi connectivity index (χ1n) is 7.20. The second-order valence-electron chi connectivity index (χ2n) is 4.97. The molecule has 1 unspecified atom stereocenters. The normalized spacial score (nSPS) is 12.9. The van der Waals surface area contributed by atoms with Crippen LogP contribution in [0.15, 0.2) is 10.6 Å². The number of aromatic nitrogens is 1. The third kappa shape index (κ3) is 5.38. The van der Waals surface area contributed by atoms with Crippen molar-refractivity contribution in [1.82, 2.24) is 4.98 Å². The first-order valence-corrected chi connectivity index (χ1v) is 7.20. The average Bonchev–Trinajstić information content (AvgIpc) is 2.75. The fraction of sp³-hybridized carbons (Fsp3) is 0.800. The number of oxazole rings is 1. The lowest BCUT2D eigenvalue weighted by Crippen LogP contribution is -1.98. The van der Waals surface area contributed by atoms with E-state index in [0.29, 0.717) is 5.92 Å². The number of nitrogens with zero attached hydrogens (tertiary/aromatic N) is 1. The van der Waals surface area contributed by atoms with Crippen molar-refractivity contribution < 1.29 is 4.42 Å². The maximum Gasteiger partial charge on any atom is 0.191 e. The quantitative estimate of drug-likeness (QED) is 0.550. The minimum Gasteiger partial charge on any atom is -0.446 e. The van der Waals surface area contributed by atoms with E-state index >= 15 is 0 Å². The zero-order chi connectivity index (χ0) is 12.5. The summed E-state index contributed by atoms with van der Waals surface area (Å²) >= 11 is 0. The molecule has 98 valence electrons. The van der Waals surface area contributed by atoms with Gasteiger partial charge in [0, 0.05) is 12.8 Å². The Kier molecular flexibility index (Phi) is 6.99. The molecule has 0 aliphatic heterocycles. The van der Waals surface area contributed by atoms with Gasteiger partial charge in [0.05, 0.1) is 6.20 Å². The average molecular weight is 237 g/mol. The summed E-state index contributed by atoms with van der Waals surface area (Å²) in [4.78, 5) is 4.22. The molecular weight excluding hydrogens is 210 g/mol. The molecule has 1 atom stereocenters. The van der Waals surface area contributed by atoms with Crippen molar-refractivity contribution in [2.24, 2.45) is 0 Å². The Morgan fingerprint density at radius 3 is 2.35 bits per heavy atom. The monoisotopic (exact) mass is 237 g/mol. The lowest BCUT2D eigenvalue weighted by molar-refractivity contribution is 0.396. The molecule has 0 spiro atoms. The van der Waals surface area contributed by atoms with Crippen LogP contribution in [0.1, 0.15) is 82.8 Å². The molecule has 0 aliphatic carbocycles. The van der Waals surface area contributed by atoms with Crippen LogP contribution in [0.3, 0.4) is 0 Å². The molecular formula is C15H27NO. The Labute approximate surface area is 106 Å². The van der Waals surface area contributed by atoms with Crippen LogP contribution in [0.5, 0.6) is 0 Å². The third-order valence-corrected chi connectivity index (χ3v) is 3.35. The zero-order valence-electron chi connectivity index (χ0n) is 11.7. The number of hydrogen-bond acceptors (Lipinski definition) is 2. The van der Waals surface area contributed by atoms with E-state index in [9.17, 15) is 0 Å². The van der Waals surface area contributed by atoms with Gasteiger partial charge in [-0.15, -0.1) is 0 Å². The Hall–Kier alpha value is -0.790. The Morgan fingerprint density at radius 1 is 1.06 bits per heavy atom. The molecule has 0 radical (unpaired) electrons. The maximum absolute atomic E-state index is 5.69. The summed E-state index contributed by atoms with van der Waals surface area (Å²) in [5.74, 6) is 2.50. The molecule has 0 saturated carbocycles. The fourth-order valence-corrected chi connectivity index (χ4v) is 2.26. The molecule has 0 aromatic carbocycles. The summed E-state index contributed by atoms with van der Waals surface area (Å²) in [5, 5.41) is 0. The van der Waals surface area contributed by atoms with E-state index in [4.69, 9.17) is 4.42 Å². The van der Waals surface area contributed by atoms with Gasteiger partial charge in [0.1, 0.15) is 5.76 Å². The maximum atomic E-state index is 5.69. The van der Waals surface area contributed by atoms with Gasteiger partial charge in [-0.05, 0) is 12.8 Å². The highest BCUT2D eigenvalue weighted by atomic mass is 16.4. The number of aryl methyl sites for hydroxylation is 1. The summed E-state index contributed by atoms with van der Waals surface area (Å²) in [7, 11) is 0. The van der Waals surface area contributed by atoms with Crippen LogP contribution in [0.4, 0.5) is 0 Å². The molecule has 1 heterocycles. The van der Waals surface area contributed by atoms with Crippen LogP contribution in [0, 0.1) is 6.92 Å². The Morgan fingerprint density at radius 2 is 1.76 bits per heavy atom. The van der Waals surface area contributed by atoms with E-state index in [1.54, 1.807) is 0 Å². The van der Waals surface area contributed by atoms with Gasteiger partial charge >= 0.3 is 0 Å². The summed E-state index contributed by atoms with van der Waals surface area (Å²) in [6.07, 6.45) is 12.3. The summed E-state index contributed by atoms with van der Waals surface area (Å²) in [6.45, 7) is 6.44. The first-order chi connectivity index (χ1) is 8.27. The summed E-state index contributed by atoms with van der Waals surface area (Å²) in [6, 6.07) is 0. The molecule has 0 saturated heterocycles. The lowest BCUT2D eigenvalue weighted by atomic mass is 9.93. The highest BCUT2D eigenvalue weighted by molar-refractivity contribution is 5.01. The van der Waals surface area contributed by atoms with Crippen LogP contribution in [0.2, 0.25) is 0 Å². The molecule has 1 aromatic rings. The zero-order valence-corrected chi connectivity index (χ0v) is 11.7. The molecule has 0 N–H and O–H groups in total. The SMILES string of the molecule is CCCCCCC(CCCC)c1cnc(C)o1. The van der Waals surface area contributed by atoms with Gasteiger partial charge in [-0.3, -0.25) is 0 Å². The largest absolute Gasteiger partial charge is 0.446 e. The van der Waals surface area contributed by atoms with Gasteiger partial charge in [-0.1, -0.05) is 52.4 Å². The summed E-state index contributed by atoms with van der Waals surface area (Å²) < 4.78 is 5.69. The van der Waals surface area contributed by atoms with Gasteiger partial charge in [0.15, 0.2) is 5.89 Å². The number of rotatable bonds is 9. The predicted octanol–water partition coefficient (Wildman–Crippen LogP) is 5.23. The van der Waals surface area contributed by atoms with E-state index < -0.39 is 0 Å². The van der Waals surface area contributed by atoms with Crippen LogP contribution < -0.4 is 0 Å². The van der Waals surface area contributed by atoms with Crippen molar-refractivity contribution in [3.63, 3.8) is 0 Å². The van der Waals surface area contributed by atoms with Gasteiger partial charge in [-0.2, -0.15) is 0 Å². The van der Waals surface area contributed by atoms with Crippen molar-refractivity contribution >= 4 is 0 Å². The molecule has 0 bridgehead atoms. The molecule has 0 amide bonds. The van der Waals surface area contributed by atoms with Gasteiger partial charge in [0.25, 0.3) is 0 Å². The van der Waals surface area contributed by atoms with E-state index in [0.717, 1.165) is 11.7 Å². The molecule has 1 rings (SSSR count). The molecule has 2 heteroatoms. The Bertz CT molecular complexity index is 293. The van der Waals surface area contributed by atoms with Crippen LogP contribution in [-0.2, 0) is 0 Å². The first kappa shape index (κ1) is 14.3. The van der Waals surface area contributed by atoms with Crippen molar-refractivity contribution in [3.05, 3.63) is 17.8 Å². The highest BCUT2D eigenvalue weighted by Crippen LogP contribution is 2.28. The predicted molar refractivity (Wildman–Crippen MR) is 72.3 cm³/mol. The van der Waals surface area contributed by atoms with Crippen molar-refractivity contribution in [3.8, 4) is 0 Å². The fourth-order valence-electron chi connectivity index (χ4n) is 2.26. The molecule has 17 heavy (non-hydrogen) atoms. The molecule has 0 aliphatic rings. The van der Waals surface area contributed by atoms with Crippen molar-refractivity contribution in [1.29, 1.82) is 0 Å². The van der Waals surface area contributed by atoms with E-state index in [2.05, 4.69) is 18.8 Å². The van der Waals surface area contributed by atoms with Crippen LogP contribution >= 0.6 is 0 Å². The van der Waals surface area contributed by atoms with Crippen LogP contribution in [-0.4, -0.2) is 4.98 Å². The number of hydrogen-bond donors (Lipinski definition) is 0. The standard InChI is InChI=1S/C15H27NO/c1-4-6-8-9-11-14(10-7-5-2)15-12-16-13(3)17-15/h12,14H,4-11H2,1-3H3.